The summed E-state index contributed by atoms with van der Waals surface area (Å²) in [6, 6.07) is 10.6. The van der Waals surface area contributed by atoms with Crippen molar-refractivity contribution in [1.82, 2.24) is 20.3 Å². The third-order valence-corrected chi connectivity index (χ3v) is 4.72. The van der Waals surface area contributed by atoms with Crippen LogP contribution in [0.3, 0.4) is 0 Å². The normalized spacial score (nSPS) is 15.1. The molecule has 0 unspecified atom stereocenters. The molecule has 0 radical (unpaired) electrons. The quantitative estimate of drug-likeness (QED) is 0.685. The van der Waals surface area contributed by atoms with Gasteiger partial charge in [-0.05, 0) is 30.2 Å². The Hall–Kier alpha value is -3.68. The number of aromatic amines is 1. The smallest absolute Gasteiger partial charge is 0.251 e. The van der Waals surface area contributed by atoms with E-state index >= 15 is 0 Å². The number of carbonyl (C=O) groups excluding carboxylic acids is 1. The Kier molecular flexibility index (Phi) is 5.24. The van der Waals surface area contributed by atoms with Crippen molar-refractivity contribution in [3.8, 4) is 22.9 Å². The fourth-order valence-electron chi connectivity index (χ4n) is 3.28. The number of H-pyrrole nitrogens is 1. The van der Waals surface area contributed by atoms with Gasteiger partial charge in [-0.3, -0.25) is 14.6 Å². The molecule has 8 heteroatoms. The molecule has 3 aromatic rings. The number of amides is 1. The Labute approximate surface area is 166 Å². The van der Waals surface area contributed by atoms with E-state index in [1.165, 1.54) is 6.07 Å². The highest BCUT2D eigenvalue weighted by atomic mass is 16.5. The van der Waals surface area contributed by atoms with Gasteiger partial charge in [0.2, 0.25) is 5.91 Å². The van der Waals surface area contributed by atoms with Gasteiger partial charge < -0.3 is 19.8 Å². The number of hydrogen-bond donors (Lipinski definition) is 2. The summed E-state index contributed by atoms with van der Waals surface area (Å²) in [6.07, 6.45) is 3.82. The van der Waals surface area contributed by atoms with E-state index in [1.807, 2.05) is 18.2 Å². The molecule has 4 rings (SSSR count). The van der Waals surface area contributed by atoms with Crippen LogP contribution in [0.1, 0.15) is 11.3 Å². The maximum Gasteiger partial charge on any atom is 0.251 e. The lowest BCUT2D eigenvalue weighted by molar-refractivity contribution is -0.126. The second-order valence-electron chi connectivity index (χ2n) is 6.71. The molecular weight excluding hydrogens is 372 g/mol. The zero-order valence-corrected chi connectivity index (χ0v) is 15.8. The van der Waals surface area contributed by atoms with Gasteiger partial charge in [-0.15, -0.1) is 0 Å². The van der Waals surface area contributed by atoms with E-state index < -0.39 is 0 Å². The molecule has 1 aliphatic rings. The number of methoxy groups -OCH3 is 1. The largest absolute Gasteiger partial charge is 0.493 e. The standard InChI is InChI=1S/C21H20N4O4/c1-28-17-6-2-4-13-8-15(12-29-19(13)17)21(27)23-11-16-9-18(26)25-20(24-16)14-5-3-7-22-10-14/h2-7,9-10,15H,8,11-12H2,1H3,(H,23,27)(H,24,25,26)/t15-/m0/s1. The molecule has 1 atom stereocenters. The van der Waals surface area contributed by atoms with E-state index in [0.717, 1.165) is 5.56 Å². The van der Waals surface area contributed by atoms with E-state index in [1.54, 1.807) is 31.6 Å². The Morgan fingerprint density at radius 2 is 2.24 bits per heavy atom. The molecule has 1 aliphatic heterocycles. The van der Waals surface area contributed by atoms with Crippen LogP contribution in [0.5, 0.6) is 11.5 Å². The van der Waals surface area contributed by atoms with E-state index in [4.69, 9.17) is 9.47 Å². The third kappa shape index (κ3) is 4.11. The molecule has 29 heavy (non-hydrogen) atoms. The van der Waals surface area contributed by atoms with Gasteiger partial charge >= 0.3 is 0 Å². The van der Waals surface area contributed by atoms with Crippen molar-refractivity contribution in [2.45, 2.75) is 13.0 Å². The van der Waals surface area contributed by atoms with Crippen molar-refractivity contribution in [1.29, 1.82) is 0 Å². The van der Waals surface area contributed by atoms with Crippen LogP contribution in [-0.2, 0) is 17.8 Å². The molecular formula is C21H20N4O4. The number of nitrogens with zero attached hydrogens (tertiary/aromatic N) is 2. The highest BCUT2D eigenvalue weighted by Crippen LogP contribution is 2.36. The first kappa shape index (κ1) is 18.7. The predicted octanol–water partition coefficient (Wildman–Crippen LogP) is 1.71. The molecule has 148 valence electrons. The zero-order valence-electron chi connectivity index (χ0n) is 15.8. The molecule has 1 aromatic carbocycles. The Bertz CT molecular complexity index is 1080. The summed E-state index contributed by atoms with van der Waals surface area (Å²) in [5, 5.41) is 2.85. The number of fused-ring (bicyclic) bond motifs is 1. The van der Waals surface area contributed by atoms with E-state index in [9.17, 15) is 9.59 Å². The molecule has 0 fully saturated rings. The van der Waals surface area contributed by atoms with Crippen LogP contribution < -0.4 is 20.3 Å². The molecule has 0 saturated carbocycles. The maximum atomic E-state index is 12.6. The minimum Gasteiger partial charge on any atom is -0.493 e. The van der Waals surface area contributed by atoms with Crippen molar-refractivity contribution >= 4 is 5.91 Å². The van der Waals surface area contributed by atoms with E-state index in [0.29, 0.717) is 35.0 Å². The van der Waals surface area contributed by atoms with Crippen molar-refractivity contribution in [2.24, 2.45) is 5.92 Å². The van der Waals surface area contributed by atoms with Crippen molar-refractivity contribution in [3.05, 3.63) is 70.4 Å². The summed E-state index contributed by atoms with van der Waals surface area (Å²) >= 11 is 0. The summed E-state index contributed by atoms with van der Waals surface area (Å²) < 4.78 is 11.1. The van der Waals surface area contributed by atoms with Crippen LogP contribution in [0, 0.1) is 5.92 Å². The number of nitrogens with one attached hydrogen (secondary N) is 2. The van der Waals surface area contributed by atoms with Crippen molar-refractivity contribution in [2.75, 3.05) is 13.7 Å². The number of aromatic nitrogens is 3. The maximum absolute atomic E-state index is 12.6. The van der Waals surface area contributed by atoms with Gasteiger partial charge in [0.25, 0.3) is 5.56 Å². The number of para-hydroxylation sites is 1. The van der Waals surface area contributed by atoms with Crippen LogP contribution in [0.25, 0.3) is 11.4 Å². The molecule has 1 amide bonds. The fraction of sp³-hybridized carbons (Fsp3) is 0.238. The predicted molar refractivity (Wildman–Crippen MR) is 106 cm³/mol. The van der Waals surface area contributed by atoms with Crippen LogP contribution >= 0.6 is 0 Å². The number of hydrogen-bond acceptors (Lipinski definition) is 6. The van der Waals surface area contributed by atoms with Crippen LogP contribution in [0.4, 0.5) is 0 Å². The number of rotatable bonds is 5. The Balaban J connectivity index is 1.44. The molecule has 0 saturated heterocycles. The highest BCUT2D eigenvalue weighted by Gasteiger charge is 2.27. The Morgan fingerprint density at radius 1 is 1.34 bits per heavy atom. The second kappa shape index (κ2) is 8.14. The molecule has 0 spiro atoms. The third-order valence-electron chi connectivity index (χ3n) is 4.72. The van der Waals surface area contributed by atoms with Crippen LogP contribution in [0.15, 0.2) is 53.6 Å². The summed E-state index contributed by atoms with van der Waals surface area (Å²) in [7, 11) is 1.59. The minimum atomic E-state index is -0.325. The first-order valence-corrected chi connectivity index (χ1v) is 9.21. The first-order valence-electron chi connectivity index (χ1n) is 9.21. The fourth-order valence-corrected chi connectivity index (χ4v) is 3.28. The Morgan fingerprint density at radius 3 is 3.03 bits per heavy atom. The molecule has 8 nitrogen and oxygen atoms in total. The van der Waals surface area contributed by atoms with Gasteiger partial charge in [0.1, 0.15) is 12.4 Å². The molecule has 2 aromatic heterocycles. The van der Waals surface area contributed by atoms with E-state index in [-0.39, 0.29) is 30.5 Å². The summed E-state index contributed by atoms with van der Waals surface area (Å²) in [5.41, 5.74) is 1.82. The zero-order chi connectivity index (χ0) is 20.2. The number of ether oxygens (including phenoxy) is 2. The second-order valence-corrected chi connectivity index (χ2v) is 6.71. The summed E-state index contributed by atoms with van der Waals surface area (Å²) in [5.74, 6) is 1.29. The topological polar surface area (TPSA) is 106 Å². The SMILES string of the molecule is COc1cccc2c1OC[C@@H](C(=O)NCc1cc(=O)[nH]c(-c3cccnc3)n1)C2. The molecule has 2 N–H and O–H groups in total. The summed E-state index contributed by atoms with van der Waals surface area (Å²) in [4.78, 5) is 35.7. The number of pyridine rings is 1. The monoisotopic (exact) mass is 392 g/mol. The van der Waals surface area contributed by atoms with Gasteiger partial charge in [0.05, 0.1) is 25.3 Å². The van der Waals surface area contributed by atoms with Crippen molar-refractivity contribution < 1.29 is 14.3 Å². The van der Waals surface area contributed by atoms with Gasteiger partial charge in [-0.2, -0.15) is 0 Å². The average molecular weight is 392 g/mol. The molecule has 0 bridgehead atoms. The average Bonchev–Trinajstić information content (AvgIpc) is 2.76. The first-order chi connectivity index (χ1) is 14.1. The van der Waals surface area contributed by atoms with Gasteiger partial charge in [-0.1, -0.05) is 12.1 Å². The van der Waals surface area contributed by atoms with Crippen molar-refractivity contribution in [3.63, 3.8) is 0 Å². The van der Waals surface area contributed by atoms with Crippen LogP contribution in [-0.4, -0.2) is 34.6 Å². The highest BCUT2D eigenvalue weighted by molar-refractivity contribution is 5.79. The lowest BCUT2D eigenvalue weighted by Gasteiger charge is -2.25. The summed E-state index contributed by atoms with van der Waals surface area (Å²) in [6.45, 7) is 0.417. The minimum absolute atomic E-state index is 0.150. The van der Waals surface area contributed by atoms with Gasteiger partial charge in [0, 0.05) is 24.0 Å². The van der Waals surface area contributed by atoms with E-state index in [2.05, 4.69) is 20.3 Å². The van der Waals surface area contributed by atoms with Gasteiger partial charge in [0.15, 0.2) is 11.5 Å². The lowest BCUT2D eigenvalue weighted by atomic mass is 9.95. The number of carbonyl (C=O) groups is 1. The van der Waals surface area contributed by atoms with Crippen LogP contribution in [0.2, 0.25) is 0 Å². The molecule has 3 heterocycles. The molecule has 0 aliphatic carbocycles. The van der Waals surface area contributed by atoms with Gasteiger partial charge in [-0.25, -0.2) is 4.98 Å². The lowest BCUT2D eigenvalue weighted by Crippen LogP contribution is -2.37. The number of benzene rings is 1.